The standard InChI is InChI=1S/C11H14N6O3/c1-8-10(17(19)20)6-13-16(8)7-11(18)12-5-9-3-4-15(2)14-9/h3-4,6H,5,7H2,1-2H3,(H,12,18). The van der Waals surface area contributed by atoms with Crippen molar-refractivity contribution in [2.24, 2.45) is 7.05 Å². The smallest absolute Gasteiger partial charge is 0.309 e. The second-order valence-electron chi connectivity index (χ2n) is 4.29. The van der Waals surface area contributed by atoms with Crippen molar-refractivity contribution in [3.8, 4) is 0 Å². The Bertz CT molecular complexity index is 644. The number of nitro groups is 1. The average Bonchev–Trinajstić information content (AvgIpc) is 2.94. The van der Waals surface area contributed by atoms with Gasteiger partial charge in [-0.15, -0.1) is 0 Å². The second-order valence-corrected chi connectivity index (χ2v) is 4.29. The Labute approximate surface area is 114 Å². The van der Waals surface area contributed by atoms with Crippen LogP contribution in [-0.4, -0.2) is 30.4 Å². The van der Waals surface area contributed by atoms with Crippen molar-refractivity contribution < 1.29 is 9.72 Å². The molecule has 1 N–H and O–H groups in total. The number of hydrogen-bond donors (Lipinski definition) is 1. The number of rotatable bonds is 5. The van der Waals surface area contributed by atoms with Crippen LogP contribution in [0.5, 0.6) is 0 Å². The molecule has 0 fully saturated rings. The van der Waals surface area contributed by atoms with Crippen molar-refractivity contribution in [1.29, 1.82) is 0 Å². The van der Waals surface area contributed by atoms with E-state index >= 15 is 0 Å². The molecule has 1 amide bonds. The van der Waals surface area contributed by atoms with E-state index in [2.05, 4.69) is 15.5 Å². The van der Waals surface area contributed by atoms with Gasteiger partial charge in [-0.2, -0.15) is 10.2 Å². The van der Waals surface area contributed by atoms with Crippen LogP contribution in [0.15, 0.2) is 18.5 Å². The summed E-state index contributed by atoms with van der Waals surface area (Å²) in [5.41, 5.74) is 0.995. The van der Waals surface area contributed by atoms with E-state index in [0.717, 1.165) is 11.9 Å². The zero-order valence-corrected chi connectivity index (χ0v) is 11.1. The summed E-state index contributed by atoms with van der Waals surface area (Å²) in [5, 5.41) is 21.3. The molecule has 0 aromatic carbocycles. The van der Waals surface area contributed by atoms with Crippen molar-refractivity contribution in [3.63, 3.8) is 0 Å². The van der Waals surface area contributed by atoms with E-state index in [1.54, 1.807) is 30.9 Å². The van der Waals surface area contributed by atoms with E-state index in [4.69, 9.17) is 0 Å². The molecule has 9 heteroatoms. The lowest BCUT2D eigenvalue weighted by atomic mass is 10.4. The Kier molecular flexibility index (Phi) is 3.78. The minimum atomic E-state index is -0.523. The zero-order valence-electron chi connectivity index (χ0n) is 11.1. The fourth-order valence-electron chi connectivity index (χ4n) is 1.71. The number of nitrogens with one attached hydrogen (secondary N) is 1. The van der Waals surface area contributed by atoms with Crippen LogP contribution in [0.3, 0.4) is 0 Å². The summed E-state index contributed by atoms with van der Waals surface area (Å²) in [6.07, 6.45) is 2.92. The third-order valence-corrected chi connectivity index (χ3v) is 2.80. The summed E-state index contributed by atoms with van der Waals surface area (Å²) in [7, 11) is 1.79. The minimum Gasteiger partial charge on any atom is -0.349 e. The highest BCUT2D eigenvalue weighted by Gasteiger charge is 2.17. The van der Waals surface area contributed by atoms with Gasteiger partial charge in [-0.25, -0.2) is 0 Å². The number of carbonyl (C=O) groups is 1. The first kappa shape index (κ1) is 13.7. The van der Waals surface area contributed by atoms with Crippen molar-refractivity contribution in [2.75, 3.05) is 0 Å². The topological polar surface area (TPSA) is 108 Å². The van der Waals surface area contributed by atoms with Gasteiger partial charge in [0.2, 0.25) is 5.91 Å². The van der Waals surface area contributed by atoms with Crippen LogP contribution >= 0.6 is 0 Å². The largest absolute Gasteiger partial charge is 0.349 e. The van der Waals surface area contributed by atoms with E-state index in [9.17, 15) is 14.9 Å². The van der Waals surface area contributed by atoms with Gasteiger partial charge in [0.05, 0.1) is 17.2 Å². The SMILES string of the molecule is Cc1c([N+](=O)[O-])cnn1CC(=O)NCc1ccn(C)n1. The fourth-order valence-corrected chi connectivity index (χ4v) is 1.71. The Balaban J connectivity index is 1.93. The molecule has 0 saturated heterocycles. The Morgan fingerprint density at radius 2 is 2.30 bits per heavy atom. The summed E-state index contributed by atoms with van der Waals surface area (Å²) >= 11 is 0. The zero-order chi connectivity index (χ0) is 14.7. The van der Waals surface area contributed by atoms with E-state index in [0.29, 0.717) is 12.2 Å². The minimum absolute atomic E-state index is 0.0630. The molecule has 0 bridgehead atoms. The van der Waals surface area contributed by atoms with Crippen molar-refractivity contribution >= 4 is 11.6 Å². The fraction of sp³-hybridized carbons (Fsp3) is 0.364. The molecular weight excluding hydrogens is 264 g/mol. The van der Waals surface area contributed by atoms with Gasteiger partial charge in [0.1, 0.15) is 18.4 Å². The molecule has 0 unspecified atom stereocenters. The third kappa shape index (κ3) is 2.99. The van der Waals surface area contributed by atoms with Gasteiger partial charge in [0.25, 0.3) is 0 Å². The third-order valence-electron chi connectivity index (χ3n) is 2.80. The Morgan fingerprint density at radius 3 is 2.85 bits per heavy atom. The first-order chi connectivity index (χ1) is 9.47. The first-order valence-electron chi connectivity index (χ1n) is 5.89. The van der Waals surface area contributed by atoms with E-state index in [1.807, 2.05) is 0 Å². The summed E-state index contributed by atoms with van der Waals surface area (Å²) in [5.74, 6) is -0.281. The van der Waals surface area contributed by atoms with E-state index in [1.165, 1.54) is 4.68 Å². The molecule has 0 aliphatic carbocycles. The maximum Gasteiger partial charge on any atom is 0.309 e. The van der Waals surface area contributed by atoms with Gasteiger partial charge in [-0.1, -0.05) is 0 Å². The van der Waals surface area contributed by atoms with Crippen LogP contribution in [0, 0.1) is 17.0 Å². The quantitative estimate of drug-likeness (QED) is 0.618. The van der Waals surface area contributed by atoms with Crippen LogP contribution in [0.1, 0.15) is 11.4 Å². The molecule has 0 atom stereocenters. The molecule has 20 heavy (non-hydrogen) atoms. The lowest BCUT2D eigenvalue weighted by Crippen LogP contribution is -2.28. The van der Waals surface area contributed by atoms with Crippen LogP contribution in [0.2, 0.25) is 0 Å². The van der Waals surface area contributed by atoms with Crippen molar-refractivity contribution in [2.45, 2.75) is 20.0 Å². The van der Waals surface area contributed by atoms with Crippen molar-refractivity contribution in [1.82, 2.24) is 24.9 Å². The number of amides is 1. The summed E-state index contributed by atoms with van der Waals surface area (Å²) in [6, 6.07) is 1.80. The molecule has 0 aliphatic heterocycles. The Hall–Kier alpha value is -2.71. The lowest BCUT2D eigenvalue weighted by molar-refractivity contribution is -0.385. The van der Waals surface area contributed by atoms with Gasteiger partial charge in [0.15, 0.2) is 0 Å². The lowest BCUT2D eigenvalue weighted by Gasteiger charge is -2.04. The van der Waals surface area contributed by atoms with Gasteiger partial charge in [0, 0.05) is 13.2 Å². The first-order valence-corrected chi connectivity index (χ1v) is 5.89. The number of aryl methyl sites for hydroxylation is 1. The molecule has 9 nitrogen and oxygen atoms in total. The highest BCUT2D eigenvalue weighted by Crippen LogP contribution is 2.15. The van der Waals surface area contributed by atoms with Crippen LogP contribution < -0.4 is 5.32 Å². The summed E-state index contributed by atoms with van der Waals surface area (Å²) < 4.78 is 2.94. The normalized spacial score (nSPS) is 10.5. The number of carbonyl (C=O) groups excluding carboxylic acids is 1. The summed E-state index contributed by atoms with van der Waals surface area (Å²) in [6.45, 7) is 1.80. The van der Waals surface area contributed by atoms with E-state index < -0.39 is 4.92 Å². The van der Waals surface area contributed by atoms with Gasteiger partial charge < -0.3 is 5.32 Å². The summed E-state index contributed by atoms with van der Waals surface area (Å²) in [4.78, 5) is 21.9. The molecule has 106 valence electrons. The molecule has 0 radical (unpaired) electrons. The highest BCUT2D eigenvalue weighted by molar-refractivity contribution is 5.75. The molecule has 2 aromatic rings. The molecule has 2 rings (SSSR count). The number of hydrogen-bond acceptors (Lipinski definition) is 5. The average molecular weight is 278 g/mol. The highest BCUT2D eigenvalue weighted by atomic mass is 16.6. The Morgan fingerprint density at radius 1 is 1.55 bits per heavy atom. The molecular formula is C11H14N6O3. The molecule has 0 saturated carbocycles. The van der Waals surface area contributed by atoms with Crippen molar-refractivity contribution in [3.05, 3.63) is 40.0 Å². The van der Waals surface area contributed by atoms with Gasteiger partial charge >= 0.3 is 5.69 Å². The number of aromatic nitrogens is 4. The van der Waals surface area contributed by atoms with Crippen LogP contribution in [0.4, 0.5) is 5.69 Å². The maximum absolute atomic E-state index is 11.7. The van der Waals surface area contributed by atoms with Gasteiger partial charge in [-0.3, -0.25) is 24.3 Å². The predicted molar refractivity (Wildman–Crippen MR) is 68.7 cm³/mol. The van der Waals surface area contributed by atoms with Gasteiger partial charge in [-0.05, 0) is 13.0 Å². The molecule has 2 heterocycles. The van der Waals surface area contributed by atoms with Crippen LogP contribution in [-0.2, 0) is 24.9 Å². The van der Waals surface area contributed by atoms with E-state index in [-0.39, 0.29) is 18.1 Å². The molecule has 2 aromatic heterocycles. The molecule has 0 spiro atoms. The number of nitrogens with zero attached hydrogens (tertiary/aromatic N) is 5. The molecule has 0 aliphatic rings. The predicted octanol–water partition coefficient (Wildman–Crippen LogP) is 0.150. The monoisotopic (exact) mass is 278 g/mol. The second kappa shape index (κ2) is 5.51. The van der Waals surface area contributed by atoms with Crippen LogP contribution in [0.25, 0.3) is 0 Å². The maximum atomic E-state index is 11.7.